The van der Waals surface area contributed by atoms with Crippen LogP contribution in [0.1, 0.15) is 30.1 Å². The van der Waals surface area contributed by atoms with Crippen LogP contribution in [0, 0.1) is 0 Å². The fourth-order valence-electron chi connectivity index (χ4n) is 2.35. The van der Waals surface area contributed by atoms with Gasteiger partial charge < -0.3 is 16.0 Å². The van der Waals surface area contributed by atoms with Gasteiger partial charge in [-0.05, 0) is 31.9 Å². The molecule has 6 nitrogen and oxygen atoms in total. The molecule has 1 saturated heterocycles. The standard InChI is InChI=1S/C15H22N4O2S/c1-11(15(21)19-9-2-3-10-19)22-14-12(5-4-7-18-14)13(20)17-8-6-16/h4-5,7,11H,2-3,6,8-10,16H2,1H3,(H,17,20). The van der Waals surface area contributed by atoms with Crippen LogP contribution in [-0.2, 0) is 4.79 Å². The maximum absolute atomic E-state index is 12.4. The second kappa shape index (κ2) is 8.14. The molecular weight excluding hydrogens is 300 g/mol. The molecule has 2 rings (SSSR count). The number of hydrogen-bond acceptors (Lipinski definition) is 5. The average molecular weight is 322 g/mol. The normalized spacial score (nSPS) is 15.6. The van der Waals surface area contributed by atoms with Crippen molar-refractivity contribution in [1.29, 1.82) is 0 Å². The summed E-state index contributed by atoms with van der Waals surface area (Å²) < 4.78 is 0. The zero-order valence-electron chi connectivity index (χ0n) is 12.7. The van der Waals surface area contributed by atoms with Crippen molar-refractivity contribution in [2.45, 2.75) is 30.0 Å². The highest BCUT2D eigenvalue weighted by Crippen LogP contribution is 2.26. The van der Waals surface area contributed by atoms with Crippen molar-refractivity contribution in [2.75, 3.05) is 26.2 Å². The molecule has 1 aliphatic rings. The molecule has 22 heavy (non-hydrogen) atoms. The summed E-state index contributed by atoms with van der Waals surface area (Å²) in [6, 6.07) is 3.43. The van der Waals surface area contributed by atoms with Crippen molar-refractivity contribution < 1.29 is 9.59 Å². The largest absolute Gasteiger partial charge is 0.351 e. The number of nitrogens with zero attached hydrogens (tertiary/aromatic N) is 2. The molecule has 1 aromatic rings. The summed E-state index contributed by atoms with van der Waals surface area (Å²) >= 11 is 1.33. The molecule has 1 aromatic heterocycles. The predicted octanol–water partition coefficient (Wildman–Crippen LogP) is 0.873. The molecule has 1 aliphatic heterocycles. The van der Waals surface area contributed by atoms with Crippen LogP contribution >= 0.6 is 11.8 Å². The second-order valence-electron chi connectivity index (χ2n) is 5.19. The summed E-state index contributed by atoms with van der Waals surface area (Å²) in [5.74, 6) is -0.0941. The van der Waals surface area contributed by atoms with Gasteiger partial charge in [-0.3, -0.25) is 9.59 Å². The summed E-state index contributed by atoms with van der Waals surface area (Å²) in [7, 11) is 0. The molecule has 120 valence electrons. The van der Waals surface area contributed by atoms with E-state index >= 15 is 0 Å². The first-order chi connectivity index (χ1) is 10.6. The molecule has 1 fully saturated rings. The van der Waals surface area contributed by atoms with Gasteiger partial charge in [-0.15, -0.1) is 0 Å². The van der Waals surface area contributed by atoms with E-state index in [0.717, 1.165) is 25.9 Å². The van der Waals surface area contributed by atoms with Crippen LogP contribution in [0.25, 0.3) is 0 Å². The number of aromatic nitrogens is 1. The molecule has 7 heteroatoms. The molecule has 0 spiro atoms. The fourth-order valence-corrected chi connectivity index (χ4v) is 3.35. The molecule has 2 amide bonds. The average Bonchev–Trinajstić information content (AvgIpc) is 3.06. The highest BCUT2D eigenvalue weighted by molar-refractivity contribution is 8.00. The van der Waals surface area contributed by atoms with Crippen LogP contribution in [0.5, 0.6) is 0 Å². The minimum absolute atomic E-state index is 0.112. The number of amides is 2. The molecule has 0 aromatic carbocycles. The van der Waals surface area contributed by atoms with Gasteiger partial charge in [0.25, 0.3) is 5.91 Å². The maximum atomic E-state index is 12.4. The quantitative estimate of drug-likeness (QED) is 0.759. The number of pyridine rings is 1. The molecule has 1 atom stereocenters. The Kier molecular flexibility index (Phi) is 6.21. The van der Waals surface area contributed by atoms with Gasteiger partial charge in [0.1, 0.15) is 5.03 Å². The lowest BCUT2D eigenvalue weighted by Gasteiger charge is -2.20. The van der Waals surface area contributed by atoms with Crippen molar-refractivity contribution >= 4 is 23.6 Å². The molecule has 0 aliphatic carbocycles. The summed E-state index contributed by atoms with van der Waals surface area (Å²) in [6.07, 6.45) is 3.77. The Morgan fingerprint density at radius 1 is 1.45 bits per heavy atom. The third-order valence-corrected chi connectivity index (χ3v) is 4.60. The van der Waals surface area contributed by atoms with Crippen LogP contribution in [0.3, 0.4) is 0 Å². The van der Waals surface area contributed by atoms with Crippen molar-refractivity contribution in [2.24, 2.45) is 5.73 Å². The molecular formula is C15H22N4O2S. The Morgan fingerprint density at radius 2 is 2.18 bits per heavy atom. The summed E-state index contributed by atoms with van der Waals surface area (Å²) in [4.78, 5) is 30.6. The van der Waals surface area contributed by atoms with E-state index in [2.05, 4.69) is 10.3 Å². The van der Waals surface area contributed by atoms with E-state index in [9.17, 15) is 9.59 Å². The van der Waals surface area contributed by atoms with Gasteiger partial charge in [-0.2, -0.15) is 0 Å². The minimum Gasteiger partial charge on any atom is -0.351 e. The van der Waals surface area contributed by atoms with Crippen molar-refractivity contribution in [3.05, 3.63) is 23.9 Å². The molecule has 1 unspecified atom stereocenters. The molecule has 0 saturated carbocycles. The van der Waals surface area contributed by atoms with E-state index < -0.39 is 0 Å². The number of likely N-dealkylation sites (tertiary alicyclic amines) is 1. The van der Waals surface area contributed by atoms with Crippen molar-refractivity contribution in [3.8, 4) is 0 Å². The number of thioether (sulfide) groups is 1. The first kappa shape index (κ1) is 16.8. The van der Waals surface area contributed by atoms with Gasteiger partial charge in [0, 0.05) is 32.4 Å². The Hall–Kier alpha value is -1.60. The lowest BCUT2D eigenvalue weighted by molar-refractivity contribution is -0.129. The van der Waals surface area contributed by atoms with E-state index in [-0.39, 0.29) is 17.1 Å². The Labute approximate surface area is 134 Å². The Morgan fingerprint density at radius 3 is 2.86 bits per heavy atom. The van der Waals surface area contributed by atoms with E-state index in [4.69, 9.17) is 5.73 Å². The molecule has 0 radical (unpaired) electrons. The van der Waals surface area contributed by atoms with Crippen LogP contribution in [0.2, 0.25) is 0 Å². The first-order valence-corrected chi connectivity index (χ1v) is 8.40. The first-order valence-electron chi connectivity index (χ1n) is 7.52. The lowest BCUT2D eigenvalue weighted by atomic mass is 10.2. The zero-order chi connectivity index (χ0) is 15.9. The molecule has 2 heterocycles. The minimum atomic E-state index is -0.256. The fraction of sp³-hybridized carbons (Fsp3) is 0.533. The van der Waals surface area contributed by atoms with Gasteiger partial charge in [-0.1, -0.05) is 11.8 Å². The summed E-state index contributed by atoms with van der Waals surface area (Å²) in [5.41, 5.74) is 5.89. The monoisotopic (exact) mass is 322 g/mol. The summed E-state index contributed by atoms with van der Waals surface area (Å²) in [5, 5.41) is 3.06. The topological polar surface area (TPSA) is 88.3 Å². The maximum Gasteiger partial charge on any atom is 0.254 e. The molecule has 3 N–H and O–H groups in total. The lowest BCUT2D eigenvalue weighted by Crippen LogP contribution is -2.34. The van der Waals surface area contributed by atoms with E-state index in [1.54, 1.807) is 18.3 Å². The van der Waals surface area contributed by atoms with Gasteiger partial charge in [0.15, 0.2) is 0 Å². The van der Waals surface area contributed by atoms with E-state index in [0.29, 0.717) is 23.7 Å². The number of nitrogens with two attached hydrogens (primary N) is 1. The number of hydrogen-bond donors (Lipinski definition) is 2. The van der Waals surface area contributed by atoms with E-state index in [1.807, 2.05) is 11.8 Å². The Bertz CT molecular complexity index is 532. The Balaban J connectivity index is 2.05. The smallest absolute Gasteiger partial charge is 0.254 e. The van der Waals surface area contributed by atoms with Crippen molar-refractivity contribution in [3.63, 3.8) is 0 Å². The van der Waals surface area contributed by atoms with E-state index in [1.165, 1.54) is 11.8 Å². The van der Waals surface area contributed by atoms with Crippen LogP contribution in [0.4, 0.5) is 0 Å². The summed E-state index contributed by atoms with van der Waals surface area (Å²) in [6.45, 7) is 4.32. The van der Waals surface area contributed by atoms with Crippen LogP contribution in [0.15, 0.2) is 23.4 Å². The third-order valence-electron chi connectivity index (χ3n) is 3.50. The number of rotatable bonds is 6. The second-order valence-corrected chi connectivity index (χ2v) is 6.52. The van der Waals surface area contributed by atoms with Gasteiger partial charge in [0.05, 0.1) is 10.8 Å². The zero-order valence-corrected chi connectivity index (χ0v) is 13.6. The van der Waals surface area contributed by atoms with Gasteiger partial charge in [0.2, 0.25) is 5.91 Å². The molecule has 0 bridgehead atoms. The highest BCUT2D eigenvalue weighted by atomic mass is 32.2. The van der Waals surface area contributed by atoms with Gasteiger partial charge >= 0.3 is 0 Å². The van der Waals surface area contributed by atoms with Crippen molar-refractivity contribution in [1.82, 2.24) is 15.2 Å². The highest BCUT2D eigenvalue weighted by Gasteiger charge is 2.25. The van der Waals surface area contributed by atoms with Gasteiger partial charge in [-0.25, -0.2) is 4.98 Å². The van der Waals surface area contributed by atoms with Crippen LogP contribution < -0.4 is 11.1 Å². The number of nitrogens with one attached hydrogen (secondary N) is 1. The SMILES string of the molecule is CC(Sc1ncccc1C(=O)NCCN)C(=O)N1CCCC1. The van der Waals surface area contributed by atoms with Crippen LogP contribution in [-0.4, -0.2) is 53.1 Å². The number of carbonyl (C=O) groups is 2. The number of carbonyl (C=O) groups excluding carboxylic acids is 2. The third kappa shape index (κ3) is 4.20. The predicted molar refractivity (Wildman–Crippen MR) is 86.8 cm³/mol.